The summed E-state index contributed by atoms with van der Waals surface area (Å²) < 4.78 is 18.6. The molecular weight excluding hydrogens is 351 g/mol. The van der Waals surface area contributed by atoms with Crippen LogP contribution < -0.4 is 0 Å². The molecule has 8 nitrogen and oxygen atoms in total. The Morgan fingerprint density at radius 2 is 2.33 bits per heavy atom. The zero-order valence-corrected chi connectivity index (χ0v) is 14.2. The summed E-state index contributed by atoms with van der Waals surface area (Å²) in [5.41, 5.74) is 1.32. The Labute approximate surface area is 153 Å². The Kier molecular flexibility index (Phi) is 4.38. The standard InChI is InChI=1S/C18H15FN6O2/c19-15-7-12(3-4-21-15)18(26)25-5-1-2-13(10-25)16-23-17(27-24-16)14-6-11(8-20)9-22-14/h3-4,6-7,9,13,22H,1-2,5,10H2. The number of hydrogen-bond acceptors (Lipinski definition) is 6. The summed E-state index contributed by atoms with van der Waals surface area (Å²) in [7, 11) is 0. The number of nitrogens with zero attached hydrogens (tertiary/aromatic N) is 5. The van der Waals surface area contributed by atoms with Gasteiger partial charge in [0, 0.05) is 43.0 Å². The highest BCUT2D eigenvalue weighted by Gasteiger charge is 2.29. The van der Waals surface area contributed by atoms with Gasteiger partial charge in [-0.3, -0.25) is 4.79 Å². The van der Waals surface area contributed by atoms with E-state index in [0.717, 1.165) is 18.9 Å². The molecule has 1 aliphatic rings. The van der Waals surface area contributed by atoms with Crippen LogP contribution in [0.3, 0.4) is 0 Å². The van der Waals surface area contributed by atoms with Crippen LogP contribution in [0.1, 0.15) is 40.5 Å². The van der Waals surface area contributed by atoms with Crippen LogP contribution in [-0.4, -0.2) is 44.0 Å². The normalized spacial score (nSPS) is 16.9. The number of aromatic nitrogens is 4. The number of aromatic amines is 1. The van der Waals surface area contributed by atoms with Crippen LogP contribution in [0, 0.1) is 17.3 Å². The van der Waals surface area contributed by atoms with Crippen molar-refractivity contribution >= 4 is 5.91 Å². The van der Waals surface area contributed by atoms with Crippen molar-refractivity contribution in [2.45, 2.75) is 18.8 Å². The van der Waals surface area contributed by atoms with Gasteiger partial charge in [-0.2, -0.15) is 14.6 Å². The largest absolute Gasteiger partial charge is 0.356 e. The van der Waals surface area contributed by atoms with Gasteiger partial charge in [0.2, 0.25) is 5.95 Å². The number of carbonyl (C=O) groups excluding carboxylic acids is 1. The van der Waals surface area contributed by atoms with Crippen molar-refractivity contribution in [2.75, 3.05) is 13.1 Å². The number of halogens is 1. The van der Waals surface area contributed by atoms with E-state index in [2.05, 4.69) is 20.1 Å². The van der Waals surface area contributed by atoms with E-state index in [1.165, 1.54) is 12.3 Å². The average Bonchev–Trinajstić information content (AvgIpc) is 3.37. The molecule has 3 aromatic heterocycles. The molecule has 136 valence electrons. The fourth-order valence-corrected chi connectivity index (χ4v) is 3.18. The fraction of sp³-hybridized carbons (Fsp3) is 0.278. The van der Waals surface area contributed by atoms with Crippen molar-refractivity contribution in [2.24, 2.45) is 0 Å². The molecule has 0 saturated carbocycles. The Bertz CT molecular complexity index is 1020. The molecule has 0 radical (unpaired) electrons. The molecule has 1 amide bonds. The summed E-state index contributed by atoms with van der Waals surface area (Å²) in [5, 5.41) is 12.9. The molecule has 0 aliphatic carbocycles. The fourth-order valence-electron chi connectivity index (χ4n) is 3.18. The number of rotatable bonds is 3. The third kappa shape index (κ3) is 3.42. The first-order valence-electron chi connectivity index (χ1n) is 8.47. The molecule has 0 spiro atoms. The number of amides is 1. The molecule has 1 atom stereocenters. The molecular formula is C18H15FN6O2. The van der Waals surface area contributed by atoms with Crippen LogP contribution in [0.25, 0.3) is 11.6 Å². The first kappa shape index (κ1) is 16.9. The molecule has 1 N–H and O–H groups in total. The average molecular weight is 366 g/mol. The number of pyridine rings is 1. The van der Waals surface area contributed by atoms with Gasteiger partial charge >= 0.3 is 0 Å². The summed E-state index contributed by atoms with van der Waals surface area (Å²) in [6.07, 6.45) is 4.45. The number of likely N-dealkylation sites (tertiary alicyclic amines) is 1. The molecule has 1 aliphatic heterocycles. The van der Waals surface area contributed by atoms with Crippen molar-refractivity contribution in [3.63, 3.8) is 0 Å². The molecule has 0 bridgehead atoms. The molecule has 27 heavy (non-hydrogen) atoms. The van der Waals surface area contributed by atoms with Crippen molar-refractivity contribution in [1.82, 2.24) is 25.0 Å². The summed E-state index contributed by atoms with van der Waals surface area (Å²) in [6, 6.07) is 6.29. The quantitative estimate of drug-likeness (QED) is 0.713. The molecule has 9 heteroatoms. The minimum Gasteiger partial charge on any atom is -0.356 e. The molecule has 0 aromatic carbocycles. The van der Waals surface area contributed by atoms with Crippen LogP contribution in [0.15, 0.2) is 35.1 Å². The lowest BCUT2D eigenvalue weighted by molar-refractivity contribution is 0.0703. The lowest BCUT2D eigenvalue weighted by atomic mass is 9.97. The third-order valence-electron chi connectivity index (χ3n) is 4.53. The summed E-state index contributed by atoms with van der Waals surface area (Å²) in [5.74, 6) is -0.187. The van der Waals surface area contributed by atoms with E-state index < -0.39 is 5.95 Å². The Morgan fingerprint density at radius 3 is 3.11 bits per heavy atom. The van der Waals surface area contributed by atoms with Gasteiger partial charge in [0.25, 0.3) is 11.8 Å². The van der Waals surface area contributed by atoms with E-state index in [-0.39, 0.29) is 17.4 Å². The van der Waals surface area contributed by atoms with Gasteiger partial charge in [-0.15, -0.1) is 0 Å². The minimum atomic E-state index is -0.681. The van der Waals surface area contributed by atoms with Gasteiger partial charge in [0.15, 0.2) is 5.82 Å². The number of nitriles is 1. The summed E-state index contributed by atoms with van der Waals surface area (Å²) >= 11 is 0. The number of hydrogen-bond donors (Lipinski definition) is 1. The Hall–Kier alpha value is -3.54. The predicted molar refractivity (Wildman–Crippen MR) is 90.9 cm³/mol. The van der Waals surface area contributed by atoms with Crippen LogP contribution >= 0.6 is 0 Å². The SMILES string of the molecule is N#Cc1c[nH]c(-c2nc(C3CCCN(C(=O)c4ccnc(F)c4)C3)no2)c1. The second-order valence-corrected chi connectivity index (χ2v) is 6.33. The van der Waals surface area contributed by atoms with E-state index in [0.29, 0.717) is 36.1 Å². The van der Waals surface area contributed by atoms with Crippen molar-refractivity contribution < 1.29 is 13.7 Å². The summed E-state index contributed by atoms with van der Waals surface area (Å²) in [6.45, 7) is 1.02. The zero-order chi connectivity index (χ0) is 18.8. The molecule has 1 fully saturated rings. The molecule has 1 saturated heterocycles. The molecule has 3 aromatic rings. The zero-order valence-electron chi connectivity index (χ0n) is 14.2. The predicted octanol–water partition coefficient (Wildman–Crippen LogP) is 2.49. The van der Waals surface area contributed by atoms with Gasteiger partial charge in [0.05, 0.1) is 5.56 Å². The lowest BCUT2D eigenvalue weighted by Crippen LogP contribution is -2.39. The monoisotopic (exact) mass is 366 g/mol. The molecule has 4 rings (SSSR count). The Balaban J connectivity index is 1.50. The molecule has 4 heterocycles. The van der Waals surface area contributed by atoms with Gasteiger partial charge in [-0.05, 0) is 25.0 Å². The lowest BCUT2D eigenvalue weighted by Gasteiger charge is -2.31. The van der Waals surface area contributed by atoms with Gasteiger partial charge < -0.3 is 14.4 Å². The van der Waals surface area contributed by atoms with Crippen LogP contribution in [0.4, 0.5) is 4.39 Å². The van der Waals surface area contributed by atoms with E-state index in [1.54, 1.807) is 17.2 Å². The molecule has 1 unspecified atom stereocenters. The van der Waals surface area contributed by atoms with Gasteiger partial charge in [-0.1, -0.05) is 5.16 Å². The smallest absolute Gasteiger partial charge is 0.274 e. The van der Waals surface area contributed by atoms with E-state index >= 15 is 0 Å². The van der Waals surface area contributed by atoms with Gasteiger partial charge in [-0.25, -0.2) is 4.98 Å². The van der Waals surface area contributed by atoms with E-state index in [9.17, 15) is 9.18 Å². The van der Waals surface area contributed by atoms with E-state index in [4.69, 9.17) is 9.78 Å². The second kappa shape index (κ2) is 6.99. The van der Waals surface area contributed by atoms with E-state index in [1.807, 2.05) is 6.07 Å². The number of H-pyrrole nitrogens is 1. The van der Waals surface area contributed by atoms with Crippen LogP contribution in [0.2, 0.25) is 0 Å². The first-order valence-corrected chi connectivity index (χ1v) is 8.47. The maximum atomic E-state index is 13.3. The summed E-state index contributed by atoms with van der Waals surface area (Å²) in [4.78, 5) is 25.1. The first-order chi connectivity index (χ1) is 13.1. The van der Waals surface area contributed by atoms with Gasteiger partial charge in [0.1, 0.15) is 11.8 Å². The maximum Gasteiger partial charge on any atom is 0.274 e. The highest BCUT2D eigenvalue weighted by Crippen LogP contribution is 2.27. The highest BCUT2D eigenvalue weighted by atomic mass is 19.1. The van der Waals surface area contributed by atoms with Crippen LogP contribution in [-0.2, 0) is 0 Å². The minimum absolute atomic E-state index is 0.0720. The number of nitrogens with one attached hydrogen (secondary N) is 1. The van der Waals surface area contributed by atoms with Crippen molar-refractivity contribution in [1.29, 1.82) is 5.26 Å². The maximum absolute atomic E-state index is 13.3. The second-order valence-electron chi connectivity index (χ2n) is 6.33. The Morgan fingerprint density at radius 1 is 1.44 bits per heavy atom. The topological polar surface area (TPSA) is 112 Å². The number of piperidine rings is 1. The highest BCUT2D eigenvalue weighted by molar-refractivity contribution is 5.94. The van der Waals surface area contributed by atoms with Crippen LogP contribution in [0.5, 0.6) is 0 Å². The van der Waals surface area contributed by atoms with Crippen molar-refractivity contribution in [3.05, 3.63) is 53.5 Å². The number of carbonyl (C=O) groups is 1. The third-order valence-corrected chi connectivity index (χ3v) is 4.53. The van der Waals surface area contributed by atoms with Crippen molar-refractivity contribution in [3.8, 4) is 17.7 Å².